The molecule has 0 aliphatic rings. The smallest absolute Gasteiger partial charge is 0.373 e. The van der Waals surface area contributed by atoms with Crippen LogP contribution in [0.15, 0.2) is 16.5 Å². The van der Waals surface area contributed by atoms with E-state index >= 15 is 0 Å². The summed E-state index contributed by atoms with van der Waals surface area (Å²) in [6.07, 6.45) is 0. The van der Waals surface area contributed by atoms with E-state index in [1.54, 1.807) is 12.1 Å². The van der Waals surface area contributed by atoms with Crippen molar-refractivity contribution in [2.75, 3.05) is 26.9 Å². The molecule has 0 bridgehead atoms. The summed E-state index contributed by atoms with van der Waals surface area (Å²) in [6, 6.07) is 3.43. The molecule has 0 radical (unpaired) electrons. The molecule has 0 aliphatic heterocycles. The van der Waals surface area contributed by atoms with Gasteiger partial charge in [0.1, 0.15) is 5.76 Å². The SMILES string of the molecule is COC(=O)c1ccc(C(C)NCCOCC(C)C)o1. The van der Waals surface area contributed by atoms with E-state index in [1.807, 2.05) is 6.92 Å². The van der Waals surface area contributed by atoms with Gasteiger partial charge in [-0.15, -0.1) is 0 Å². The zero-order valence-electron chi connectivity index (χ0n) is 12.1. The fourth-order valence-electron chi connectivity index (χ4n) is 1.56. The summed E-state index contributed by atoms with van der Waals surface area (Å²) >= 11 is 0. The van der Waals surface area contributed by atoms with Crippen molar-refractivity contribution >= 4 is 5.97 Å². The number of esters is 1. The predicted octanol–water partition coefficient (Wildman–Crippen LogP) is 2.39. The normalized spacial score (nSPS) is 12.7. The maximum absolute atomic E-state index is 11.3. The summed E-state index contributed by atoms with van der Waals surface area (Å²) in [4.78, 5) is 11.3. The lowest BCUT2D eigenvalue weighted by atomic mass is 10.2. The van der Waals surface area contributed by atoms with Gasteiger partial charge in [0.05, 0.1) is 19.8 Å². The van der Waals surface area contributed by atoms with Gasteiger partial charge >= 0.3 is 5.97 Å². The average molecular weight is 269 g/mol. The standard InChI is InChI=1S/C14H23NO4/c1-10(2)9-18-8-7-15-11(3)12-5-6-13(19-12)14(16)17-4/h5-6,10-11,15H,7-9H2,1-4H3. The van der Waals surface area contributed by atoms with E-state index in [4.69, 9.17) is 9.15 Å². The van der Waals surface area contributed by atoms with Gasteiger partial charge in [-0.1, -0.05) is 13.8 Å². The number of nitrogens with one attached hydrogen (secondary N) is 1. The third kappa shape index (κ3) is 5.44. The van der Waals surface area contributed by atoms with Gasteiger partial charge in [0.25, 0.3) is 0 Å². The number of hydrogen-bond donors (Lipinski definition) is 1. The van der Waals surface area contributed by atoms with Crippen molar-refractivity contribution in [3.63, 3.8) is 0 Å². The molecule has 0 aliphatic carbocycles. The Hall–Kier alpha value is -1.33. The zero-order valence-corrected chi connectivity index (χ0v) is 12.1. The van der Waals surface area contributed by atoms with Crippen LogP contribution < -0.4 is 5.32 Å². The van der Waals surface area contributed by atoms with Crippen molar-refractivity contribution in [1.29, 1.82) is 0 Å². The van der Waals surface area contributed by atoms with Gasteiger partial charge in [0.15, 0.2) is 0 Å². The molecule has 1 N–H and O–H groups in total. The number of methoxy groups -OCH3 is 1. The Kier molecular flexibility index (Phi) is 6.59. The Morgan fingerprint density at radius 1 is 1.37 bits per heavy atom. The molecule has 0 saturated heterocycles. The monoisotopic (exact) mass is 269 g/mol. The van der Waals surface area contributed by atoms with Gasteiger partial charge in [-0.3, -0.25) is 0 Å². The fourth-order valence-corrected chi connectivity index (χ4v) is 1.56. The van der Waals surface area contributed by atoms with Crippen LogP contribution in [0.1, 0.15) is 43.1 Å². The van der Waals surface area contributed by atoms with Gasteiger partial charge in [-0.05, 0) is 25.0 Å². The predicted molar refractivity (Wildman–Crippen MR) is 72.1 cm³/mol. The summed E-state index contributed by atoms with van der Waals surface area (Å²) < 4.78 is 15.5. The first-order valence-electron chi connectivity index (χ1n) is 6.53. The maximum Gasteiger partial charge on any atom is 0.373 e. The second-order valence-corrected chi connectivity index (χ2v) is 4.84. The number of furan rings is 1. The number of carbonyl (C=O) groups excluding carboxylic acids is 1. The molecule has 1 atom stereocenters. The van der Waals surface area contributed by atoms with Crippen molar-refractivity contribution in [1.82, 2.24) is 5.32 Å². The van der Waals surface area contributed by atoms with Crippen molar-refractivity contribution in [2.45, 2.75) is 26.8 Å². The van der Waals surface area contributed by atoms with Gasteiger partial charge in [-0.25, -0.2) is 4.79 Å². The largest absolute Gasteiger partial charge is 0.463 e. The number of carbonyl (C=O) groups is 1. The Labute approximate surface area is 114 Å². The number of rotatable bonds is 8. The first kappa shape index (κ1) is 15.7. The lowest BCUT2D eigenvalue weighted by Crippen LogP contribution is -2.23. The Morgan fingerprint density at radius 3 is 2.74 bits per heavy atom. The second-order valence-electron chi connectivity index (χ2n) is 4.84. The van der Waals surface area contributed by atoms with Crippen LogP contribution in [0.25, 0.3) is 0 Å². The molecule has 0 amide bonds. The van der Waals surface area contributed by atoms with Crippen LogP contribution in [0.5, 0.6) is 0 Å². The summed E-state index contributed by atoms with van der Waals surface area (Å²) in [6.45, 7) is 8.38. The molecule has 1 heterocycles. The van der Waals surface area contributed by atoms with E-state index < -0.39 is 5.97 Å². The van der Waals surface area contributed by atoms with Crippen LogP contribution in [0.3, 0.4) is 0 Å². The Morgan fingerprint density at radius 2 is 2.11 bits per heavy atom. The van der Waals surface area contributed by atoms with E-state index in [9.17, 15) is 4.79 Å². The molecule has 1 unspecified atom stereocenters. The van der Waals surface area contributed by atoms with Gasteiger partial charge in [0.2, 0.25) is 5.76 Å². The molecule has 5 heteroatoms. The third-order valence-corrected chi connectivity index (χ3v) is 2.59. The molecule has 5 nitrogen and oxygen atoms in total. The minimum Gasteiger partial charge on any atom is -0.463 e. The molecule has 108 valence electrons. The van der Waals surface area contributed by atoms with Gasteiger partial charge in [-0.2, -0.15) is 0 Å². The maximum atomic E-state index is 11.3. The molecular formula is C14H23NO4. The first-order chi connectivity index (χ1) is 9.04. The first-order valence-corrected chi connectivity index (χ1v) is 6.53. The highest BCUT2D eigenvalue weighted by molar-refractivity contribution is 5.86. The summed E-state index contributed by atoms with van der Waals surface area (Å²) in [5.74, 6) is 1.02. The summed E-state index contributed by atoms with van der Waals surface area (Å²) in [7, 11) is 1.33. The molecule has 0 aromatic carbocycles. The van der Waals surface area contributed by atoms with Crippen LogP contribution in [-0.4, -0.2) is 32.8 Å². The molecule has 0 saturated carbocycles. The highest BCUT2D eigenvalue weighted by Gasteiger charge is 2.14. The molecule has 0 fully saturated rings. The minimum atomic E-state index is -0.460. The number of hydrogen-bond acceptors (Lipinski definition) is 5. The molecule has 1 aromatic heterocycles. The second kappa shape index (κ2) is 7.96. The molecule has 0 spiro atoms. The number of ether oxygens (including phenoxy) is 2. The van der Waals surface area contributed by atoms with Crippen LogP contribution in [0, 0.1) is 5.92 Å². The Bertz CT molecular complexity index is 387. The van der Waals surface area contributed by atoms with Crippen LogP contribution in [0.2, 0.25) is 0 Å². The molecule has 19 heavy (non-hydrogen) atoms. The van der Waals surface area contributed by atoms with Crippen LogP contribution in [-0.2, 0) is 9.47 Å². The van der Waals surface area contributed by atoms with E-state index in [0.29, 0.717) is 18.3 Å². The fraction of sp³-hybridized carbons (Fsp3) is 0.643. The minimum absolute atomic E-state index is 0.0288. The van der Waals surface area contributed by atoms with E-state index in [-0.39, 0.29) is 11.8 Å². The van der Waals surface area contributed by atoms with Crippen LogP contribution in [0.4, 0.5) is 0 Å². The molecule has 1 aromatic rings. The van der Waals surface area contributed by atoms with Crippen molar-refractivity contribution in [3.05, 3.63) is 23.7 Å². The van der Waals surface area contributed by atoms with Crippen LogP contribution >= 0.6 is 0 Å². The molecule has 1 rings (SSSR count). The Balaban J connectivity index is 2.31. The zero-order chi connectivity index (χ0) is 14.3. The van der Waals surface area contributed by atoms with Gasteiger partial charge in [0, 0.05) is 13.2 Å². The average Bonchev–Trinajstić information content (AvgIpc) is 2.86. The topological polar surface area (TPSA) is 60.7 Å². The lowest BCUT2D eigenvalue weighted by Gasteiger charge is -2.12. The van der Waals surface area contributed by atoms with Crippen molar-refractivity contribution in [3.8, 4) is 0 Å². The van der Waals surface area contributed by atoms with E-state index in [0.717, 1.165) is 13.2 Å². The summed E-state index contributed by atoms with van der Waals surface area (Å²) in [5, 5.41) is 3.27. The molecular weight excluding hydrogens is 246 g/mol. The highest BCUT2D eigenvalue weighted by Crippen LogP contribution is 2.16. The third-order valence-electron chi connectivity index (χ3n) is 2.59. The van der Waals surface area contributed by atoms with E-state index in [1.165, 1.54) is 7.11 Å². The quantitative estimate of drug-likeness (QED) is 0.580. The van der Waals surface area contributed by atoms with Crippen molar-refractivity contribution < 1.29 is 18.7 Å². The summed E-state index contributed by atoms with van der Waals surface area (Å²) in [5.41, 5.74) is 0. The highest BCUT2D eigenvalue weighted by atomic mass is 16.5. The van der Waals surface area contributed by atoms with Gasteiger partial charge < -0.3 is 19.2 Å². The van der Waals surface area contributed by atoms with E-state index in [2.05, 4.69) is 23.9 Å². The lowest BCUT2D eigenvalue weighted by molar-refractivity contribution is 0.0562. The van der Waals surface area contributed by atoms with Crippen molar-refractivity contribution in [2.24, 2.45) is 5.92 Å².